The Balaban J connectivity index is 1.98. The quantitative estimate of drug-likeness (QED) is 0.856. The Morgan fingerprint density at radius 1 is 0.900 bits per heavy atom. The van der Waals surface area contributed by atoms with Crippen LogP contribution in [0.4, 0.5) is 13.2 Å². The molecule has 5 heteroatoms. The van der Waals surface area contributed by atoms with Gasteiger partial charge in [0.25, 0.3) is 0 Å². The normalized spacial score (nSPS) is 15.2. The van der Waals surface area contributed by atoms with Gasteiger partial charge in [-0.05, 0) is 34.4 Å². The van der Waals surface area contributed by atoms with Crippen LogP contribution in [0.25, 0.3) is 0 Å². The van der Waals surface area contributed by atoms with Crippen molar-refractivity contribution < 1.29 is 23.0 Å². The third-order valence-corrected chi connectivity index (χ3v) is 3.38. The highest BCUT2D eigenvalue weighted by atomic mass is 19.2. The molecule has 1 aliphatic rings. The van der Waals surface area contributed by atoms with Crippen molar-refractivity contribution in [3.8, 4) is 0 Å². The first kappa shape index (κ1) is 13.1. The molecule has 0 amide bonds. The van der Waals surface area contributed by atoms with Gasteiger partial charge in [-0.1, -0.05) is 18.2 Å². The summed E-state index contributed by atoms with van der Waals surface area (Å²) >= 11 is 0. The van der Waals surface area contributed by atoms with Gasteiger partial charge >= 0.3 is 0 Å². The van der Waals surface area contributed by atoms with Crippen molar-refractivity contribution in [2.75, 3.05) is 0 Å². The zero-order chi connectivity index (χ0) is 14.3. The Morgan fingerprint density at radius 2 is 1.55 bits per heavy atom. The zero-order valence-electron chi connectivity index (χ0n) is 10.4. The highest BCUT2D eigenvalue weighted by Gasteiger charge is 2.19. The number of rotatable bonds is 2. The predicted molar refractivity (Wildman–Crippen MR) is 65.3 cm³/mol. The summed E-state index contributed by atoms with van der Waals surface area (Å²) in [5.41, 5.74) is 2.42. The second-order valence-corrected chi connectivity index (χ2v) is 4.72. The second kappa shape index (κ2) is 4.92. The average Bonchev–Trinajstić information content (AvgIpc) is 2.90. The average molecular weight is 280 g/mol. The summed E-state index contributed by atoms with van der Waals surface area (Å²) in [5.74, 6) is -4.17. The van der Waals surface area contributed by atoms with Gasteiger partial charge in [0.05, 0.1) is 13.2 Å². The van der Waals surface area contributed by atoms with Crippen LogP contribution in [0.15, 0.2) is 30.3 Å². The smallest absolute Gasteiger partial charge is 0.194 e. The number of benzene rings is 2. The monoisotopic (exact) mass is 280 g/mol. The lowest BCUT2D eigenvalue weighted by Gasteiger charge is -2.13. The first-order chi connectivity index (χ1) is 9.56. The van der Waals surface area contributed by atoms with Crippen LogP contribution in [0.5, 0.6) is 0 Å². The van der Waals surface area contributed by atoms with Gasteiger partial charge < -0.3 is 9.84 Å². The van der Waals surface area contributed by atoms with E-state index in [1.165, 1.54) is 0 Å². The molecule has 0 saturated carbocycles. The lowest BCUT2D eigenvalue weighted by Crippen LogP contribution is -2.04. The minimum absolute atomic E-state index is 0.0275. The van der Waals surface area contributed by atoms with Crippen LogP contribution in [0.3, 0.4) is 0 Å². The summed E-state index contributed by atoms with van der Waals surface area (Å²) in [4.78, 5) is 0. The molecule has 1 N–H and O–H groups in total. The molecule has 1 unspecified atom stereocenters. The summed E-state index contributed by atoms with van der Waals surface area (Å²) in [6.07, 6.45) is -1.22. The van der Waals surface area contributed by atoms with E-state index in [4.69, 9.17) is 4.74 Å². The summed E-state index contributed by atoms with van der Waals surface area (Å²) in [7, 11) is 0. The fourth-order valence-corrected chi connectivity index (χ4v) is 2.29. The molecule has 0 aliphatic carbocycles. The van der Waals surface area contributed by atoms with Gasteiger partial charge in [0.1, 0.15) is 6.10 Å². The number of fused-ring (bicyclic) bond motifs is 1. The standard InChI is InChI=1S/C15H11F3O2/c16-12-4-10(5-13(17)14(12)18)15(19)8-1-2-9-6-20-7-11(9)3-8/h1-5,15,19H,6-7H2. The topological polar surface area (TPSA) is 29.5 Å². The van der Waals surface area contributed by atoms with Crippen molar-refractivity contribution >= 4 is 0 Å². The van der Waals surface area contributed by atoms with E-state index in [9.17, 15) is 18.3 Å². The lowest BCUT2D eigenvalue weighted by atomic mass is 9.98. The van der Waals surface area contributed by atoms with E-state index in [-0.39, 0.29) is 5.56 Å². The molecular formula is C15H11F3O2. The van der Waals surface area contributed by atoms with E-state index < -0.39 is 23.6 Å². The lowest BCUT2D eigenvalue weighted by molar-refractivity contribution is 0.134. The molecule has 1 atom stereocenters. The van der Waals surface area contributed by atoms with E-state index in [1.807, 2.05) is 0 Å². The van der Waals surface area contributed by atoms with Gasteiger partial charge in [0.2, 0.25) is 0 Å². The maximum atomic E-state index is 13.2. The molecule has 20 heavy (non-hydrogen) atoms. The molecule has 1 aliphatic heterocycles. The molecule has 0 spiro atoms. The largest absolute Gasteiger partial charge is 0.384 e. The van der Waals surface area contributed by atoms with Crippen molar-refractivity contribution in [3.63, 3.8) is 0 Å². The minimum Gasteiger partial charge on any atom is -0.384 e. The van der Waals surface area contributed by atoms with Crippen LogP contribution in [-0.2, 0) is 18.0 Å². The Bertz CT molecular complexity index is 647. The molecule has 2 aromatic rings. The molecule has 0 saturated heterocycles. The Hall–Kier alpha value is -1.85. The summed E-state index contributed by atoms with van der Waals surface area (Å²) in [6.45, 7) is 0.966. The van der Waals surface area contributed by atoms with Crippen molar-refractivity contribution in [1.29, 1.82) is 0 Å². The second-order valence-electron chi connectivity index (χ2n) is 4.72. The van der Waals surface area contributed by atoms with Crippen molar-refractivity contribution in [3.05, 3.63) is 70.0 Å². The number of halogens is 3. The number of aliphatic hydroxyl groups excluding tert-OH is 1. The van der Waals surface area contributed by atoms with Gasteiger partial charge in [-0.3, -0.25) is 0 Å². The molecular weight excluding hydrogens is 269 g/mol. The zero-order valence-corrected chi connectivity index (χ0v) is 10.4. The highest BCUT2D eigenvalue weighted by Crippen LogP contribution is 2.28. The SMILES string of the molecule is OC(c1cc(F)c(F)c(F)c1)c1ccc2c(c1)COC2. The fourth-order valence-electron chi connectivity index (χ4n) is 2.29. The fraction of sp³-hybridized carbons (Fsp3) is 0.200. The maximum absolute atomic E-state index is 13.2. The van der Waals surface area contributed by atoms with Crippen molar-refractivity contribution in [1.82, 2.24) is 0 Å². The number of aliphatic hydroxyl groups is 1. The van der Waals surface area contributed by atoms with Crippen molar-refractivity contribution in [2.24, 2.45) is 0 Å². The van der Waals surface area contributed by atoms with Gasteiger partial charge in [-0.15, -0.1) is 0 Å². The molecule has 0 aromatic heterocycles. The molecule has 2 nitrogen and oxygen atoms in total. The molecule has 0 bridgehead atoms. The van der Waals surface area contributed by atoms with E-state index in [1.54, 1.807) is 18.2 Å². The van der Waals surface area contributed by atoms with Crippen LogP contribution < -0.4 is 0 Å². The number of ether oxygens (including phenoxy) is 1. The predicted octanol–water partition coefficient (Wildman–Crippen LogP) is 3.22. The van der Waals surface area contributed by atoms with Crippen LogP contribution in [0, 0.1) is 17.5 Å². The Labute approximate surface area is 113 Å². The van der Waals surface area contributed by atoms with E-state index in [0.717, 1.165) is 23.3 Å². The Kier molecular flexibility index (Phi) is 3.23. The third kappa shape index (κ3) is 2.19. The first-order valence-electron chi connectivity index (χ1n) is 6.08. The van der Waals surface area contributed by atoms with E-state index in [0.29, 0.717) is 18.8 Å². The molecule has 2 aromatic carbocycles. The van der Waals surface area contributed by atoms with Gasteiger partial charge in [0, 0.05) is 0 Å². The number of hydrogen-bond donors (Lipinski definition) is 1. The van der Waals surface area contributed by atoms with Gasteiger partial charge in [-0.2, -0.15) is 0 Å². The minimum atomic E-state index is -1.54. The molecule has 3 rings (SSSR count). The van der Waals surface area contributed by atoms with Crippen LogP contribution in [-0.4, -0.2) is 5.11 Å². The molecule has 1 heterocycles. The third-order valence-electron chi connectivity index (χ3n) is 3.38. The van der Waals surface area contributed by atoms with Crippen molar-refractivity contribution in [2.45, 2.75) is 19.3 Å². The highest BCUT2D eigenvalue weighted by molar-refractivity contribution is 5.38. The van der Waals surface area contributed by atoms with E-state index in [2.05, 4.69) is 0 Å². The van der Waals surface area contributed by atoms with Crippen LogP contribution >= 0.6 is 0 Å². The molecule has 0 radical (unpaired) electrons. The van der Waals surface area contributed by atoms with Gasteiger partial charge in [0.15, 0.2) is 17.5 Å². The molecule has 0 fully saturated rings. The van der Waals surface area contributed by atoms with Crippen LogP contribution in [0.1, 0.15) is 28.4 Å². The Morgan fingerprint density at radius 3 is 2.25 bits per heavy atom. The van der Waals surface area contributed by atoms with Gasteiger partial charge in [-0.25, -0.2) is 13.2 Å². The summed E-state index contributed by atoms with van der Waals surface area (Å²) in [6, 6.07) is 6.79. The summed E-state index contributed by atoms with van der Waals surface area (Å²) in [5, 5.41) is 10.2. The molecule has 104 valence electrons. The first-order valence-corrected chi connectivity index (χ1v) is 6.08. The summed E-state index contributed by atoms with van der Waals surface area (Å²) < 4.78 is 44.5. The number of hydrogen-bond acceptors (Lipinski definition) is 2. The van der Waals surface area contributed by atoms with E-state index >= 15 is 0 Å². The van der Waals surface area contributed by atoms with Crippen LogP contribution in [0.2, 0.25) is 0 Å². The maximum Gasteiger partial charge on any atom is 0.194 e.